The third-order valence-corrected chi connectivity index (χ3v) is 3.88. The number of carbonyl (C=O) groups is 1. The van der Waals surface area contributed by atoms with Crippen LogP contribution in [0.3, 0.4) is 0 Å². The van der Waals surface area contributed by atoms with Gasteiger partial charge in [-0.25, -0.2) is 9.89 Å². The van der Waals surface area contributed by atoms with E-state index in [0.717, 1.165) is 16.7 Å². The number of benzene rings is 1. The maximum Gasteiger partial charge on any atom is 0.343 e. The highest BCUT2D eigenvalue weighted by molar-refractivity contribution is 7.99. The van der Waals surface area contributed by atoms with E-state index in [-0.39, 0.29) is 17.2 Å². The van der Waals surface area contributed by atoms with Crippen LogP contribution in [0.1, 0.15) is 21.5 Å². The Labute approximate surface area is 115 Å². The lowest BCUT2D eigenvalue weighted by Gasteiger charge is -2.05. The van der Waals surface area contributed by atoms with Gasteiger partial charge in [-0.3, -0.25) is 9.36 Å². The highest BCUT2D eigenvalue weighted by atomic mass is 32.2. The van der Waals surface area contributed by atoms with E-state index < -0.39 is 0 Å². The second kappa shape index (κ2) is 5.44. The minimum atomic E-state index is -0.276. The van der Waals surface area contributed by atoms with Crippen LogP contribution in [0, 0.1) is 13.8 Å². The van der Waals surface area contributed by atoms with Crippen LogP contribution in [0.2, 0.25) is 0 Å². The summed E-state index contributed by atoms with van der Waals surface area (Å²) in [5, 5.41) is 6.71. The fourth-order valence-corrected chi connectivity index (χ4v) is 2.60. The summed E-state index contributed by atoms with van der Waals surface area (Å²) < 4.78 is 1.39. The summed E-state index contributed by atoms with van der Waals surface area (Å²) in [5.74, 6) is 0.306. The Morgan fingerprint density at radius 3 is 2.74 bits per heavy atom. The van der Waals surface area contributed by atoms with Gasteiger partial charge in [-0.15, -0.1) is 5.10 Å². The molecule has 1 heterocycles. The van der Waals surface area contributed by atoms with E-state index in [0.29, 0.717) is 5.16 Å². The van der Waals surface area contributed by atoms with Crippen molar-refractivity contribution in [2.24, 2.45) is 7.05 Å². The summed E-state index contributed by atoms with van der Waals surface area (Å²) in [7, 11) is 1.62. The second-order valence-electron chi connectivity index (χ2n) is 4.40. The molecule has 0 bridgehead atoms. The zero-order chi connectivity index (χ0) is 14.0. The molecule has 19 heavy (non-hydrogen) atoms. The number of nitrogens with zero attached hydrogens (tertiary/aromatic N) is 2. The molecule has 2 aromatic rings. The van der Waals surface area contributed by atoms with Gasteiger partial charge in [0.15, 0.2) is 10.9 Å². The molecule has 0 aliphatic rings. The highest BCUT2D eigenvalue weighted by Crippen LogP contribution is 2.17. The number of carbonyl (C=O) groups excluding carboxylic acids is 1. The number of aryl methyl sites for hydroxylation is 2. The van der Waals surface area contributed by atoms with E-state index in [1.54, 1.807) is 7.05 Å². The fourth-order valence-electron chi connectivity index (χ4n) is 1.80. The molecule has 0 radical (unpaired) electrons. The first-order valence-corrected chi connectivity index (χ1v) is 6.82. The van der Waals surface area contributed by atoms with Crippen molar-refractivity contribution >= 4 is 17.5 Å². The highest BCUT2D eigenvalue weighted by Gasteiger charge is 2.12. The van der Waals surface area contributed by atoms with Crippen LogP contribution in [0.25, 0.3) is 0 Å². The largest absolute Gasteiger partial charge is 0.343 e. The van der Waals surface area contributed by atoms with Crippen LogP contribution in [0.4, 0.5) is 0 Å². The molecule has 0 saturated carbocycles. The molecule has 100 valence electrons. The van der Waals surface area contributed by atoms with Gasteiger partial charge in [0.05, 0.1) is 5.75 Å². The smallest absolute Gasteiger partial charge is 0.293 e. The van der Waals surface area contributed by atoms with Crippen LogP contribution in [0.5, 0.6) is 0 Å². The molecule has 0 aliphatic heterocycles. The molecule has 0 saturated heterocycles. The molecule has 0 spiro atoms. The Morgan fingerprint density at radius 1 is 1.42 bits per heavy atom. The normalized spacial score (nSPS) is 10.7. The molecule has 0 aliphatic carbocycles. The Kier molecular flexibility index (Phi) is 3.90. The van der Waals surface area contributed by atoms with Gasteiger partial charge in [0.1, 0.15) is 0 Å². The van der Waals surface area contributed by atoms with E-state index in [1.165, 1.54) is 16.3 Å². The van der Waals surface area contributed by atoms with Gasteiger partial charge in [0, 0.05) is 12.6 Å². The minimum Gasteiger partial charge on any atom is -0.293 e. The zero-order valence-electron chi connectivity index (χ0n) is 11.1. The number of H-pyrrole nitrogens is 1. The fraction of sp³-hybridized carbons (Fsp3) is 0.308. The van der Waals surface area contributed by atoms with Crippen LogP contribution < -0.4 is 5.69 Å². The lowest BCUT2D eigenvalue weighted by atomic mass is 10.0. The Hall–Kier alpha value is -1.82. The predicted molar refractivity (Wildman–Crippen MR) is 74.8 cm³/mol. The van der Waals surface area contributed by atoms with Crippen LogP contribution in [-0.4, -0.2) is 26.3 Å². The summed E-state index contributed by atoms with van der Waals surface area (Å²) in [6, 6.07) is 5.76. The molecule has 1 aromatic heterocycles. The summed E-state index contributed by atoms with van der Waals surface area (Å²) in [4.78, 5) is 23.3. The molecule has 2 rings (SSSR count). The summed E-state index contributed by atoms with van der Waals surface area (Å²) in [6.45, 7) is 3.92. The van der Waals surface area contributed by atoms with Gasteiger partial charge in [-0.1, -0.05) is 35.5 Å². The average Bonchev–Trinajstić information content (AvgIpc) is 2.67. The van der Waals surface area contributed by atoms with Crippen molar-refractivity contribution in [3.63, 3.8) is 0 Å². The second-order valence-corrected chi connectivity index (χ2v) is 5.34. The van der Waals surface area contributed by atoms with Crippen molar-refractivity contribution in [2.75, 3.05) is 5.75 Å². The number of aromatic amines is 1. The first-order chi connectivity index (χ1) is 8.99. The van der Waals surface area contributed by atoms with Crippen LogP contribution >= 0.6 is 11.8 Å². The molecule has 5 nitrogen and oxygen atoms in total. The van der Waals surface area contributed by atoms with Gasteiger partial charge < -0.3 is 0 Å². The molecule has 1 aromatic carbocycles. The van der Waals surface area contributed by atoms with Gasteiger partial charge >= 0.3 is 5.69 Å². The summed E-state index contributed by atoms with van der Waals surface area (Å²) in [6.07, 6.45) is 0. The van der Waals surface area contributed by atoms with E-state index in [2.05, 4.69) is 10.2 Å². The summed E-state index contributed by atoms with van der Waals surface area (Å²) in [5.41, 5.74) is 2.55. The lowest BCUT2D eigenvalue weighted by molar-refractivity contribution is 0.102. The van der Waals surface area contributed by atoms with Crippen molar-refractivity contribution in [2.45, 2.75) is 19.0 Å². The number of ketones is 1. The van der Waals surface area contributed by atoms with Gasteiger partial charge in [-0.05, 0) is 19.4 Å². The maximum absolute atomic E-state index is 12.1. The average molecular weight is 277 g/mol. The monoisotopic (exact) mass is 277 g/mol. The van der Waals surface area contributed by atoms with E-state index in [4.69, 9.17) is 0 Å². The number of aromatic nitrogens is 3. The Balaban J connectivity index is 2.09. The number of hydrogen-bond donors (Lipinski definition) is 1. The number of hydrogen-bond acceptors (Lipinski definition) is 4. The van der Waals surface area contributed by atoms with Crippen molar-refractivity contribution in [1.29, 1.82) is 0 Å². The standard InChI is InChI=1S/C13H15N3O2S/c1-8-4-5-10(9(2)6-8)11(17)7-19-13-15-14-12(18)16(13)3/h4-6H,7H2,1-3H3,(H,14,18). The first-order valence-electron chi connectivity index (χ1n) is 5.83. The molecule has 0 unspecified atom stereocenters. The van der Waals surface area contributed by atoms with Crippen molar-refractivity contribution in [3.8, 4) is 0 Å². The van der Waals surface area contributed by atoms with Gasteiger partial charge in [0.2, 0.25) is 0 Å². The molecule has 6 heteroatoms. The van der Waals surface area contributed by atoms with Gasteiger partial charge in [0.25, 0.3) is 0 Å². The Bertz CT molecular complexity index is 673. The predicted octanol–water partition coefficient (Wildman–Crippen LogP) is 1.70. The van der Waals surface area contributed by atoms with E-state index >= 15 is 0 Å². The van der Waals surface area contributed by atoms with Crippen molar-refractivity contribution < 1.29 is 4.79 Å². The molecular weight excluding hydrogens is 262 g/mol. The SMILES string of the molecule is Cc1ccc(C(=O)CSc2n[nH]c(=O)n2C)c(C)c1. The Morgan fingerprint density at radius 2 is 2.16 bits per heavy atom. The summed E-state index contributed by atoms with van der Waals surface area (Å²) >= 11 is 1.25. The quantitative estimate of drug-likeness (QED) is 0.682. The van der Waals surface area contributed by atoms with Crippen molar-refractivity contribution in [3.05, 3.63) is 45.4 Å². The van der Waals surface area contributed by atoms with Gasteiger partial charge in [-0.2, -0.15) is 0 Å². The zero-order valence-corrected chi connectivity index (χ0v) is 11.9. The molecule has 0 amide bonds. The third-order valence-electron chi connectivity index (χ3n) is 2.85. The first kappa shape index (κ1) is 13.6. The topological polar surface area (TPSA) is 67.8 Å². The number of Topliss-reactive ketones (excluding diaryl/α,β-unsaturated/α-hetero) is 1. The number of nitrogens with one attached hydrogen (secondary N) is 1. The molecule has 0 atom stereocenters. The third kappa shape index (κ3) is 2.96. The lowest BCUT2D eigenvalue weighted by Crippen LogP contribution is -2.13. The number of thioether (sulfide) groups is 1. The molecule has 1 N–H and O–H groups in total. The van der Waals surface area contributed by atoms with Crippen LogP contribution in [0.15, 0.2) is 28.2 Å². The number of rotatable bonds is 4. The molecule has 0 fully saturated rings. The van der Waals surface area contributed by atoms with E-state index in [9.17, 15) is 9.59 Å². The maximum atomic E-state index is 12.1. The minimum absolute atomic E-state index is 0.0398. The molecular formula is C13H15N3O2S. The van der Waals surface area contributed by atoms with Crippen molar-refractivity contribution in [1.82, 2.24) is 14.8 Å². The van der Waals surface area contributed by atoms with Crippen LogP contribution in [-0.2, 0) is 7.05 Å². The van der Waals surface area contributed by atoms with E-state index in [1.807, 2.05) is 32.0 Å².